The van der Waals surface area contributed by atoms with E-state index in [9.17, 15) is 14.9 Å². The third-order valence-electron chi connectivity index (χ3n) is 6.42. The molecule has 0 radical (unpaired) electrons. The van der Waals surface area contributed by atoms with Crippen LogP contribution in [0, 0.1) is 27.4 Å². The minimum absolute atomic E-state index is 0.00990. The average Bonchev–Trinajstić information content (AvgIpc) is 2.69. The van der Waals surface area contributed by atoms with Gasteiger partial charge in [-0.2, -0.15) is 0 Å². The van der Waals surface area contributed by atoms with Gasteiger partial charge in [0.05, 0.1) is 17.8 Å². The van der Waals surface area contributed by atoms with E-state index in [0.717, 1.165) is 24.2 Å². The molecule has 1 atom stereocenters. The molecular formula is C24H33NO5Si. The quantitative estimate of drug-likeness (QED) is 0.184. The molecule has 31 heavy (non-hydrogen) atoms. The van der Waals surface area contributed by atoms with Gasteiger partial charge in [-0.05, 0) is 62.0 Å². The van der Waals surface area contributed by atoms with Gasteiger partial charge in [-0.3, -0.25) is 14.9 Å². The summed E-state index contributed by atoms with van der Waals surface area (Å²) in [5.74, 6) is 6.59. The number of carbonyl (C=O) groups is 1. The summed E-state index contributed by atoms with van der Waals surface area (Å²) in [5.41, 5.74) is 0.834. The molecule has 0 N–H and O–H groups in total. The van der Waals surface area contributed by atoms with Crippen molar-refractivity contribution in [1.29, 1.82) is 0 Å². The molecule has 1 aliphatic carbocycles. The molecule has 0 saturated carbocycles. The minimum atomic E-state index is -2.18. The van der Waals surface area contributed by atoms with E-state index < -0.39 is 18.7 Å². The summed E-state index contributed by atoms with van der Waals surface area (Å²) in [6, 6.07) is 6.09. The van der Waals surface area contributed by atoms with Gasteiger partial charge in [-0.25, -0.2) is 0 Å². The molecule has 1 aliphatic rings. The van der Waals surface area contributed by atoms with Crippen molar-refractivity contribution in [1.82, 2.24) is 0 Å². The van der Waals surface area contributed by atoms with Crippen LogP contribution in [-0.4, -0.2) is 26.3 Å². The van der Waals surface area contributed by atoms with Crippen LogP contribution in [-0.2, 0) is 14.0 Å². The Morgan fingerprint density at radius 3 is 2.39 bits per heavy atom. The largest absolute Gasteiger partial charge is 0.546 e. The molecule has 1 aromatic carbocycles. The van der Waals surface area contributed by atoms with Gasteiger partial charge in [-0.15, -0.1) is 0 Å². The molecule has 1 aromatic rings. The van der Waals surface area contributed by atoms with Crippen molar-refractivity contribution in [3.8, 4) is 11.8 Å². The zero-order valence-electron chi connectivity index (χ0n) is 19.6. The van der Waals surface area contributed by atoms with Gasteiger partial charge in [0, 0.05) is 24.1 Å². The molecule has 0 spiro atoms. The predicted octanol–water partition coefficient (Wildman–Crippen LogP) is 5.98. The van der Waals surface area contributed by atoms with Crippen molar-refractivity contribution in [2.24, 2.45) is 5.41 Å². The molecule has 0 saturated heterocycles. The van der Waals surface area contributed by atoms with Gasteiger partial charge in [0.15, 0.2) is 0 Å². The maximum Gasteiger partial charge on any atom is 0.320 e. The first-order valence-corrected chi connectivity index (χ1v) is 13.5. The molecule has 0 aliphatic heterocycles. The molecule has 1 unspecified atom stereocenters. The van der Waals surface area contributed by atoms with E-state index in [1.165, 1.54) is 19.2 Å². The third-order valence-corrected chi connectivity index (χ3v) is 10.7. The summed E-state index contributed by atoms with van der Waals surface area (Å²) in [6.07, 6.45) is 2.65. The third kappa shape index (κ3) is 5.37. The number of allylic oxidation sites excluding steroid dienone is 1. The lowest BCUT2D eigenvalue weighted by Crippen LogP contribution is -2.46. The maximum absolute atomic E-state index is 13.1. The molecule has 0 aromatic heterocycles. The number of methoxy groups -OCH3 is 1. The van der Waals surface area contributed by atoms with Crippen LogP contribution in [0.2, 0.25) is 18.1 Å². The van der Waals surface area contributed by atoms with Crippen molar-refractivity contribution in [2.75, 3.05) is 7.11 Å². The van der Waals surface area contributed by atoms with Crippen molar-refractivity contribution >= 4 is 20.0 Å². The van der Waals surface area contributed by atoms with E-state index in [2.05, 4.69) is 45.7 Å². The normalized spacial score (nSPS) is 19.3. The Kier molecular flexibility index (Phi) is 7.38. The Bertz CT molecular complexity index is 931. The van der Waals surface area contributed by atoms with Gasteiger partial charge in [0.2, 0.25) is 8.32 Å². The van der Waals surface area contributed by atoms with E-state index >= 15 is 0 Å². The number of hydrogen-bond donors (Lipinski definition) is 0. The van der Waals surface area contributed by atoms with E-state index in [0.29, 0.717) is 12.0 Å². The minimum Gasteiger partial charge on any atom is -0.546 e. The topological polar surface area (TPSA) is 78.7 Å². The summed E-state index contributed by atoms with van der Waals surface area (Å²) >= 11 is 0. The summed E-state index contributed by atoms with van der Waals surface area (Å²) in [4.78, 5) is 23.5. The molecular weight excluding hydrogens is 410 g/mol. The van der Waals surface area contributed by atoms with Crippen molar-refractivity contribution in [2.45, 2.75) is 71.5 Å². The van der Waals surface area contributed by atoms with Crippen LogP contribution in [0.4, 0.5) is 5.69 Å². The van der Waals surface area contributed by atoms with Crippen LogP contribution in [0.1, 0.15) is 58.9 Å². The van der Waals surface area contributed by atoms with Crippen molar-refractivity contribution in [3.05, 3.63) is 51.3 Å². The number of hydrogen-bond acceptors (Lipinski definition) is 5. The fourth-order valence-corrected chi connectivity index (χ4v) is 4.66. The van der Waals surface area contributed by atoms with Crippen LogP contribution in [0.15, 0.2) is 35.6 Å². The number of rotatable bonds is 5. The molecule has 2 rings (SSSR count). The molecule has 0 fully saturated rings. The van der Waals surface area contributed by atoms with Crippen LogP contribution >= 0.6 is 0 Å². The lowest BCUT2D eigenvalue weighted by molar-refractivity contribution is -0.384. The monoisotopic (exact) mass is 443 g/mol. The number of esters is 1. The van der Waals surface area contributed by atoms with E-state index in [4.69, 9.17) is 9.16 Å². The lowest BCUT2D eigenvalue weighted by Gasteiger charge is -2.44. The summed E-state index contributed by atoms with van der Waals surface area (Å²) in [7, 11) is -0.775. The summed E-state index contributed by atoms with van der Waals surface area (Å²) in [6.45, 7) is 12.9. The predicted molar refractivity (Wildman–Crippen MR) is 124 cm³/mol. The highest BCUT2D eigenvalue weighted by Gasteiger charge is 2.50. The van der Waals surface area contributed by atoms with E-state index in [-0.39, 0.29) is 23.1 Å². The molecule has 6 nitrogen and oxygen atoms in total. The second-order valence-corrected chi connectivity index (χ2v) is 14.4. The molecule has 0 amide bonds. The van der Waals surface area contributed by atoms with Crippen LogP contribution in [0.3, 0.4) is 0 Å². The first-order valence-electron chi connectivity index (χ1n) is 10.5. The smallest absolute Gasteiger partial charge is 0.320 e. The second-order valence-electron chi connectivity index (χ2n) is 9.68. The van der Waals surface area contributed by atoms with Crippen LogP contribution in [0.5, 0.6) is 0 Å². The molecule has 0 heterocycles. The number of nitro benzene ring substituents is 1. The Labute approximate surface area is 186 Å². The highest BCUT2D eigenvalue weighted by atomic mass is 28.4. The Morgan fingerprint density at radius 2 is 1.87 bits per heavy atom. The second kappa shape index (κ2) is 9.27. The molecule has 168 valence electrons. The lowest BCUT2D eigenvalue weighted by atomic mass is 9.72. The van der Waals surface area contributed by atoms with Gasteiger partial charge in [0.1, 0.15) is 5.41 Å². The Morgan fingerprint density at radius 1 is 1.26 bits per heavy atom. The summed E-state index contributed by atoms with van der Waals surface area (Å²) < 4.78 is 12.0. The maximum atomic E-state index is 13.1. The Balaban J connectivity index is 2.43. The summed E-state index contributed by atoms with van der Waals surface area (Å²) in [5, 5.41) is 10.8. The number of carbonyl (C=O) groups excluding carboxylic acids is 1. The van der Waals surface area contributed by atoms with Gasteiger partial charge in [0.25, 0.3) is 5.69 Å². The van der Waals surface area contributed by atoms with Gasteiger partial charge in [-0.1, -0.05) is 32.6 Å². The number of ether oxygens (including phenoxy) is 1. The fourth-order valence-electron chi connectivity index (χ4n) is 3.48. The average molecular weight is 444 g/mol. The van der Waals surface area contributed by atoms with Crippen LogP contribution < -0.4 is 0 Å². The standard InChI is InChI=1S/C24H33NO5Si/c1-18-10-8-16-24(22(26)29-5,21(18)30-31(6,7)23(2,3)4)17-9-11-19-12-14-20(15-13-19)25(27)28/h12-15H,8,10,16-17H2,1-7H3. The number of non-ortho nitro benzene ring substituents is 1. The zero-order valence-corrected chi connectivity index (χ0v) is 20.6. The van der Waals surface area contributed by atoms with Gasteiger partial charge < -0.3 is 9.16 Å². The van der Waals surface area contributed by atoms with E-state index in [1.54, 1.807) is 12.1 Å². The van der Waals surface area contributed by atoms with Crippen molar-refractivity contribution in [3.63, 3.8) is 0 Å². The first-order chi connectivity index (χ1) is 14.3. The fraction of sp³-hybridized carbons (Fsp3) is 0.542. The molecule has 0 bridgehead atoms. The van der Waals surface area contributed by atoms with E-state index in [1.807, 2.05) is 6.92 Å². The van der Waals surface area contributed by atoms with Gasteiger partial charge >= 0.3 is 5.97 Å². The van der Waals surface area contributed by atoms with Crippen molar-refractivity contribution < 1.29 is 18.9 Å². The highest BCUT2D eigenvalue weighted by Crippen LogP contribution is 2.49. The Hall–Kier alpha value is -2.59. The SMILES string of the molecule is COC(=O)C1(CC#Cc2ccc([N+](=O)[O-])cc2)CCCC(C)=C1O[Si](C)(C)C(C)(C)C. The molecule has 7 heteroatoms. The number of nitrogens with zero attached hydrogens (tertiary/aromatic N) is 1. The number of benzene rings is 1. The zero-order chi connectivity index (χ0) is 23.4. The first kappa shape index (κ1) is 24.7. The highest BCUT2D eigenvalue weighted by molar-refractivity contribution is 6.74. The number of nitro groups is 1. The van der Waals surface area contributed by atoms with Crippen LogP contribution in [0.25, 0.3) is 0 Å².